The van der Waals surface area contributed by atoms with E-state index in [2.05, 4.69) is 15.4 Å². The van der Waals surface area contributed by atoms with E-state index < -0.39 is 0 Å². The number of aryl methyl sites for hydroxylation is 1. The SMILES string of the molecule is Cl.Cn1cc2c(NC3CCC(N)CC3)nccc2n1. The first-order chi connectivity index (χ1) is 8.72. The van der Waals surface area contributed by atoms with Gasteiger partial charge in [0.15, 0.2) is 0 Å². The van der Waals surface area contributed by atoms with Crippen molar-refractivity contribution >= 4 is 29.1 Å². The van der Waals surface area contributed by atoms with E-state index in [1.165, 1.54) is 0 Å². The van der Waals surface area contributed by atoms with Crippen molar-refractivity contribution in [2.45, 2.75) is 37.8 Å². The molecule has 19 heavy (non-hydrogen) atoms. The van der Waals surface area contributed by atoms with E-state index in [0.717, 1.165) is 42.4 Å². The fraction of sp³-hybridized carbons (Fsp3) is 0.538. The first-order valence-electron chi connectivity index (χ1n) is 6.53. The van der Waals surface area contributed by atoms with Gasteiger partial charge in [-0.1, -0.05) is 0 Å². The van der Waals surface area contributed by atoms with E-state index in [4.69, 9.17) is 5.73 Å². The quantitative estimate of drug-likeness (QED) is 0.884. The van der Waals surface area contributed by atoms with Gasteiger partial charge in [0.25, 0.3) is 0 Å². The summed E-state index contributed by atoms with van der Waals surface area (Å²) in [7, 11) is 1.93. The molecule has 3 N–H and O–H groups in total. The summed E-state index contributed by atoms with van der Waals surface area (Å²) in [5.41, 5.74) is 6.92. The predicted octanol–water partition coefficient (Wildman–Crippen LogP) is 2.07. The third-order valence-electron chi connectivity index (χ3n) is 3.66. The molecule has 6 heteroatoms. The van der Waals surface area contributed by atoms with Crippen LogP contribution < -0.4 is 11.1 Å². The van der Waals surface area contributed by atoms with Crippen LogP contribution >= 0.6 is 12.4 Å². The van der Waals surface area contributed by atoms with Gasteiger partial charge in [0.05, 0.1) is 10.9 Å². The Balaban J connectivity index is 0.00000133. The maximum Gasteiger partial charge on any atom is 0.137 e. The first kappa shape index (κ1) is 14.1. The van der Waals surface area contributed by atoms with Crippen LogP contribution in [0.4, 0.5) is 5.82 Å². The van der Waals surface area contributed by atoms with Crippen molar-refractivity contribution in [2.75, 3.05) is 5.32 Å². The van der Waals surface area contributed by atoms with Gasteiger partial charge in [-0.3, -0.25) is 4.68 Å². The van der Waals surface area contributed by atoms with Gasteiger partial charge in [-0.25, -0.2) is 4.98 Å². The second-order valence-electron chi connectivity index (χ2n) is 5.15. The van der Waals surface area contributed by atoms with Crippen LogP contribution in [-0.2, 0) is 7.05 Å². The summed E-state index contributed by atoms with van der Waals surface area (Å²) in [6.07, 6.45) is 8.27. The third-order valence-corrected chi connectivity index (χ3v) is 3.66. The summed E-state index contributed by atoms with van der Waals surface area (Å²) in [6.45, 7) is 0. The molecule has 0 aliphatic heterocycles. The van der Waals surface area contributed by atoms with Crippen molar-refractivity contribution in [1.82, 2.24) is 14.8 Å². The van der Waals surface area contributed by atoms with Gasteiger partial charge in [0.2, 0.25) is 0 Å². The topological polar surface area (TPSA) is 68.8 Å². The standard InChI is InChI=1S/C13H19N5.ClH/c1-18-8-11-12(17-18)6-7-15-13(11)16-10-4-2-9(14)3-5-10;/h6-10H,2-5,14H2,1H3,(H,15,16);1H. The Labute approximate surface area is 119 Å². The Morgan fingerprint density at radius 1 is 1.32 bits per heavy atom. The minimum atomic E-state index is 0. The summed E-state index contributed by atoms with van der Waals surface area (Å²) >= 11 is 0. The molecular weight excluding hydrogens is 262 g/mol. The molecule has 0 radical (unpaired) electrons. The number of nitrogens with one attached hydrogen (secondary N) is 1. The minimum Gasteiger partial charge on any atom is -0.367 e. The van der Waals surface area contributed by atoms with E-state index in [-0.39, 0.29) is 12.4 Å². The van der Waals surface area contributed by atoms with Crippen LogP contribution in [0.25, 0.3) is 10.9 Å². The van der Waals surface area contributed by atoms with Crippen LogP contribution in [0.5, 0.6) is 0 Å². The second kappa shape index (κ2) is 5.75. The molecule has 1 aliphatic rings. The number of hydrogen-bond donors (Lipinski definition) is 2. The molecule has 0 saturated heterocycles. The number of aromatic nitrogens is 3. The van der Waals surface area contributed by atoms with Crippen LogP contribution in [0, 0.1) is 0 Å². The summed E-state index contributed by atoms with van der Waals surface area (Å²) in [6, 6.07) is 2.81. The number of nitrogens with two attached hydrogens (primary N) is 1. The minimum absolute atomic E-state index is 0. The fourth-order valence-electron chi connectivity index (χ4n) is 2.64. The number of fused-ring (bicyclic) bond motifs is 1. The Hall–Kier alpha value is -1.33. The monoisotopic (exact) mass is 281 g/mol. The average molecular weight is 282 g/mol. The van der Waals surface area contributed by atoms with E-state index in [1.807, 2.05) is 30.2 Å². The lowest BCUT2D eigenvalue weighted by Gasteiger charge is -2.27. The predicted molar refractivity (Wildman–Crippen MR) is 79.6 cm³/mol. The largest absolute Gasteiger partial charge is 0.367 e. The van der Waals surface area contributed by atoms with Gasteiger partial charge >= 0.3 is 0 Å². The molecule has 2 heterocycles. The van der Waals surface area contributed by atoms with Crippen molar-refractivity contribution in [2.24, 2.45) is 12.8 Å². The zero-order chi connectivity index (χ0) is 12.5. The normalized spacial score (nSPS) is 23.1. The number of rotatable bonds is 2. The first-order valence-corrected chi connectivity index (χ1v) is 6.53. The molecule has 5 nitrogen and oxygen atoms in total. The summed E-state index contributed by atoms with van der Waals surface area (Å²) in [4.78, 5) is 4.44. The molecule has 1 fully saturated rings. The van der Waals surface area contributed by atoms with E-state index in [1.54, 1.807) is 0 Å². The number of hydrogen-bond acceptors (Lipinski definition) is 4. The molecule has 0 aromatic carbocycles. The lowest BCUT2D eigenvalue weighted by Crippen LogP contribution is -2.33. The molecule has 3 rings (SSSR count). The molecule has 2 aromatic heterocycles. The highest BCUT2D eigenvalue weighted by Gasteiger charge is 2.19. The van der Waals surface area contributed by atoms with Crippen molar-refractivity contribution in [3.05, 3.63) is 18.5 Å². The number of anilines is 1. The van der Waals surface area contributed by atoms with Crippen LogP contribution in [-0.4, -0.2) is 26.8 Å². The Morgan fingerprint density at radius 2 is 2.05 bits per heavy atom. The molecule has 0 bridgehead atoms. The van der Waals surface area contributed by atoms with Crippen molar-refractivity contribution in [3.8, 4) is 0 Å². The van der Waals surface area contributed by atoms with E-state index in [0.29, 0.717) is 12.1 Å². The fourth-order valence-corrected chi connectivity index (χ4v) is 2.64. The second-order valence-corrected chi connectivity index (χ2v) is 5.15. The van der Waals surface area contributed by atoms with E-state index in [9.17, 15) is 0 Å². The maximum atomic E-state index is 5.93. The van der Waals surface area contributed by atoms with E-state index >= 15 is 0 Å². The molecule has 1 saturated carbocycles. The lowest BCUT2D eigenvalue weighted by molar-refractivity contribution is 0.410. The molecular formula is C13H20ClN5. The molecule has 1 aliphatic carbocycles. The molecule has 0 unspecified atom stereocenters. The summed E-state index contributed by atoms with van der Waals surface area (Å²) < 4.78 is 1.83. The number of halogens is 1. The molecule has 0 atom stereocenters. The van der Waals surface area contributed by atoms with Gasteiger partial charge < -0.3 is 11.1 Å². The van der Waals surface area contributed by atoms with Crippen molar-refractivity contribution in [1.29, 1.82) is 0 Å². The molecule has 104 valence electrons. The van der Waals surface area contributed by atoms with Gasteiger partial charge in [0, 0.05) is 31.5 Å². The van der Waals surface area contributed by atoms with Crippen LogP contribution in [0.1, 0.15) is 25.7 Å². The van der Waals surface area contributed by atoms with Gasteiger partial charge in [-0.15, -0.1) is 12.4 Å². The highest BCUT2D eigenvalue weighted by molar-refractivity contribution is 5.88. The Morgan fingerprint density at radius 3 is 2.79 bits per heavy atom. The maximum absolute atomic E-state index is 5.93. The van der Waals surface area contributed by atoms with Crippen LogP contribution in [0.15, 0.2) is 18.5 Å². The summed E-state index contributed by atoms with van der Waals surface area (Å²) in [5.74, 6) is 0.945. The lowest BCUT2D eigenvalue weighted by atomic mass is 9.92. The van der Waals surface area contributed by atoms with Crippen LogP contribution in [0.2, 0.25) is 0 Å². The zero-order valence-electron chi connectivity index (χ0n) is 11.0. The third kappa shape index (κ3) is 2.98. The molecule has 2 aromatic rings. The average Bonchev–Trinajstić information content (AvgIpc) is 2.73. The molecule has 0 amide bonds. The van der Waals surface area contributed by atoms with Gasteiger partial charge in [-0.2, -0.15) is 5.10 Å². The van der Waals surface area contributed by atoms with Crippen molar-refractivity contribution in [3.63, 3.8) is 0 Å². The van der Waals surface area contributed by atoms with Gasteiger partial charge in [-0.05, 0) is 31.7 Å². The zero-order valence-corrected chi connectivity index (χ0v) is 11.9. The smallest absolute Gasteiger partial charge is 0.137 e. The Kier molecular flexibility index (Phi) is 4.27. The highest BCUT2D eigenvalue weighted by Crippen LogP contribution is 2.24. The number of nitrogens with zero attached hydrogens (tertiary/aromatic N) is 3. The molecule has 0 spiro atoms. The highest BCUT2D eigenvalue weighted by atomic mass is 35.5. The van der Waals surface area contributed by atoms with Gasteiger partial charge in [0.1, 0.15) is 5.82 Å². The van der Waals surface area contributed by atoms with Crippen LogP contribution in [0.3, 0.4) is 0 Å². The summed E-state index contributed by atoms with van der Waals surface area (Å²) in [5, 5.41) is 9.03. The Bertz CT molecular complexity index is 545. The van der Waals surface area contributed by atoms with Crippen molar-refractivity contribution < 1.29 is 0 Å². The number of pyridine rings is 1.